The second-order valence-electron chi connectivity index (χ2n) is 3.18. The maximum atomic E-state index is 11.3. The molecule has 1 unspecified atom stereocenters. The highest BCUT2D eigenvalue weighted by atomic mass is 16.5. The molecule has 0 aliphatic heterocycles. The van der Waals surface area contributed by atoms with Crippen molar-refractivity contribution in [2.45, 2.75) is 19.4 Å². The van der Waals surface area contributed by atoms with Crippen molar-refractivity contribution >= 4 is 11.8 Å². The van der Waals surface area contributed by atoms with Gasteiger partial charge in [-0.15, -0.1) is 0 Å². The van der Waals surface area contributed by atoms with Crippen LogP contribution in [0.1, 0.15) is 13.3 Å². The third-order valence-corrected chi connectivity index (χ3v) is 1.82. The Morgan fingerprint density at radius 1 is 1.40 bits per heavy atom. The van der Waals surface area contributed by atoms with Crippen LogP contribution >= 0.6 is 0 Å². The van der Waals surface area contributed by atoms with Crippen molar-refractivity contribution in [1.82, 2.24) is 10.6 Å². The monoisotopic (exact) mass is 217 g/mol. The summed E-state index contributed by atoms with van der Waals surface area (Å²) in [6.07, 6.45) is 0.232. The number of hydrogen-bond acceptors (Lipinski definition) is 4. The van der Waals surface area contributed by atoms with Crippen molar-refractivity contribution in [3.05, 3.63) is 0 Å². The first kappa shape index (κ1) is 13.9. The first-order valence-electron chi connectivity index (χ1n) is 4.86. The van der Waals surface area contributed by atoms with Gasteiger partial charge in [0.25, 0.3) is 0 Å². The number of rotatable bonds is 8. The Labute approximate surface area is 89.5 Å². The van der Waals surface area contributed by atoms with E-state index in [9.17, 15) is 9.59 Å². The number of hydrogen-bond donors (Lipinski definition) is 3. The van der Waals surface area contributed by atoms with Crippen LogP contribution in [0, 0.1) is 0 Å². The van der Waals surface area contributed by atoms with Crippen LogP contribution in [0.5, 0.6) is 0 Å². The van der Waals surface area contributed by atoms with Crippen LogP contribution in [0.2, 0.25) is 0 Å². The smallest absolute Gasteiger partial charge is 0.236 e. The van der Waals surface area contributed by atoms with Crippen LogP contribution in [-0.2, 0) is 14.3 Å². The van der Waals surface area contributed by atoms with Gasteiger partial charge in [0.05, 0.1) is 12.6 Å². The number of carbonyl (C=O) groups excluding carboxylic acids is 2. The van der Waals surface area contributed by atoms with Crippen LogP contribution < -0.4 is 16.4 Å². The lowest BCUT2D eigenvalue weighted by Gasteiger charge is -2.13. The van der Waals surface area contributed by atoms with E-state index < -0.39 is 0 Å². The molecule has 0 aliphatic rings. The molecule has 0 saturated heterocycles. The maximum absolute atomic E-state index is 11.3. The van der Waals surface area contributed by atoms with Gasteiger partial charge in [0.2, 0.25) is 11.8 Å². The summed E-state index contributed by atoms with van der Waals surface area (Å²) >= 11 is 0. The van der Waals surface area contributed by atoms with E-state index in [0.717, 1.165) is 0 Å². The average molecular weight is 217 g/mol. The van der Waals surface area contributed by atoms with Gasteiger partial charge in [0, 0.05) is 26.6 Å². The Hall–Kier alpha value is -1.14. The molecule has 0 saturated carbocycles. The molecule has 4 N–H and O–H groups in total. The summed E-state index contributed by atoms with van der Waals surface area (Å²) in [4.78, 5) is 21.8. The lowest BCUT2D eigenvalue weighted by molar-refractivity contribution is -0.123. The van der Waals surface area contributed by atoms with Gasteiger partial charge in [-0.1, -0.05) is 0 Å². The highest BCUT2D eigenvalue weighted by Gasteiger charge is 2.10. The molecule has 0 aromatic carbocycles. The summed E-state index contributed by atoms with van der Waals surface area (Å²) in [5.74, 6) is -0.494. The predicted octanol–water partition coefficient (Wildman–Crippen LogP) is -1.40. The van der Waals surface area contributed by atoms with E-state index in [1.54, 1.807) is 14.0 Å². The van der Waals surface area contributed by atoms with Crippen molar-refractivity contribution in [1.29, 1.82) is 0 Å². The zero-order chi connectivity index (χ0) is 11.7. The molecule has 0 rings (SSSR count). The molecular weight excluding hydrogens is 198 g/mol. The SMILES string of the molecule is COCCNC(=O)C(C)NCCC(N)=O. The lowest BCUT2D eigenvalue weighted by Crippen LogP contribution is -2.44. The Morgan fingerprint density at radius 2 is 2.07 bits per heavy atom. The molecule has 0 aliphatic carbocycles. The number of nitrogens with two attached hydrogens (primary N) is 1. The normalized spacial score (nSPS) is 12.1. The highest BCUT2D eigenvalue weighted by Crippen LogP contribution is 1.83. The standard InChI is InChI=1S/C9H19N3O3/c1-7(11-4-3-8(10)13)9(14)12-5-6-15-2/h7,11H,3-6H2,1-2H3,(H2,10,13)(H,12,14). The molecule has 15 heavy (non-hydrogen) atoms. The minimum absolute atomic E-state index is 0.114. The van der Waals surface area contributed by atoms with Crippen LogP contribution in [0.3, 0.4) is 0 Å². The van der Waals surface area contributed by atoms with E-state index in [4.69, 9.17) is 10.5 Å². The predicted molar refractivity (Wildman–Crippen MR) is 56.2 cm³/mol. The quantitative estimate of drug-likeness (QED) is 0.436. The summed E-state index contributed by atoms with van der Waals surface area (Å²) < 4.78 is 4.79. The van der Waals surface area contributed by atoms with E-state index in [1.807, 2.05) is 0 Å². The van der Waals surface area contributed by atoms with E-state index in [2.05, 4.69) is 10.6 Å². The van der Waals surface area contributed by atoms with Crippen molar-refractivity contribution in [2.75, 3.05) is 26.8 Å². The van der Waals surface area contributed by atoms with Gasteiger partial charge >= 0.3 is 0 Å². The molecule has 0 aromatic heterocycles. The first-order chi connectivity index (χ1) is 7.07. The number of primary amides is 1. The van der Waals surface area contributed by atoms with Crippen LogP contribution in [0.15, 0.2) is 0 Å². The molecule has 1 atom stereocenters. The van der Waals surface area contributed by atoms with Crippen molar-refractivity contribution < 1.29 is 14.3 Å². The second-order valence-corrected chi connectivity index (χ2v) is 3.18. The molecule has 6 heteroatoms. The van der Waals surface area contributed by atoms with Crippen molar-refractivity contribution in [3.63, 3.8) is 0 Å². The lowest BCUT2D eigenvalue weighted by atomic mass is 10.3. The van der Waals surface area contributed by atoms with Crippen LogP contribution in [-0.4, -0.2) is 44.7 Å². The topological polar surface area (TPSA) is 93.4 Å². The average Bonchev–Trinajstić information content (AvgIpc) is 2.17. The molecule has 6 nitrogen and oxygen atoms in total. The molecule has 0 heterocycles. The van der Waals surface area contributed by atoms with Gasteiger partial charge in [0.15, 0.2) is 0 Å². The third-order valence-electron chi connectivity index (χ3n) is 1.82. The van der Waals surface area contributed by atoms with Crippen molar-refractivity contribution in [3.8, 4) is 0 Å². The Morgan fingerprint density at radius 3 is 2.60 bits per heavy atom. The molecule has 2 amide bonds. The van der Waals surface area contributed by atoms with E-state index >= 15 is 0 Å². The minimum Gasteiger partial charge on any atom is -0.383 e. The molecule has 0 bridgehead atoms. The summed E-state index contributed by atoms with van der Waals surface area (Å²) in [5, 5.41) is 5.57. The summed E-state index contributed by atoms with van der Waals surface area (Å²) in [6.45, 7) is 3.11. The van der Waals surface area contributed by atoms with Crippen LogP contribution in [0.25, 0.3) is 0 Å². The number of methoxy groups -OCH3 is 1. The van der Waals surface area contributed by atoms with Crippen LogP contribution in [0.4, 0.5) is 0 Å². The molecule has 88 valence electrons. The molecule has 0 fully saturated rings. The Bertz CT molecular complexity index is 209. The zero-order valence-electron chi connectivity index (χ0n) is 9.21. The van der Waals surface area contributed by atoms with E-state index in [0.29, 0.717) is 19.7 Å². The number of amides is 2. The Kier molecular flexibility index (Phi) is 7.57. The maximum Gasteiger partial charge on any atom is 0.236 e. The fourth-order valence-electron chi connectivity index (χ4n) is 0.934. The van der Waals surface area contributed by atoms with Gasteiger partial charge in [-0.2, -0.15) is 0 Å². The summed E-state index contributed by atoms with van der Waals surface area (Å²) in [7, 11) is 1.57. The van der Waals surface area contributed by atoms with Gasteiger partial charge in [-0.25, -0.2) is 0 Å². The van der Waals surface area contributed by atoms with E-state index in [1.165, 1.54) is 0 Å². The van der Waals surface area contributed by atoms with Gasteiger partial charge in [-0.05, 0) is 6.92 Å². The van der Waals surface area contributed by atoms with Gasteiger partial charge < -0.3 is 21.1 Å². The summed E-state index contributed by atoms with van der Waals surface area (Å²) in [6, 6.07) is -0.332. The third kappa shape index (κ3) is 7.90. The minimum atomic E-state index is -0.380. The first-order valence-corrected chi connectivity index (χ1v) is 4.86. The van der Waals surface area contributed by atoms with Gasteiger partial charge in [0.1, 0.15) is 0 Å². The molecule has 0 aromatic rings. The Balaban J connectivity index is 3.55. The number of carbonyl (C=O) groups is 2. The molecule has 0 spiro atoms. The summed E-state index contributed by atoms with van der Waals surface area (Å²) in [5.41, 5.74) is 4.96. The highest BCUT2D eigenvalue weighted by molar-refractivity contribution is 5.81. The molecule has 0 radical (unpaired) electrons. The van der Waals surface area contributed by atoms with E-state index in [-0.39, 0.29) is 24.3 Å². The zero-order valence-corrected chi connectivity index (χ0v) is 9.21. The fourth-order valence-corrected chi connectivity index (χ4v) is 0.934. The number of nitrogens with one attached hydrogen (secondary N) is 2. The van der Waals surface area contributed by atoms with Gasteiger partial charge in [-0.3, -0.25) is 9.59 Å². The molecular formula is C9H19N3O3. The fraction of sp³-hybridized carbons (Fsp3) is 0.778. The number of ether oxygens (including phenoxy) is 1. The largest absolute Gasteiger partial charge is 0.383 e. The second kappa shape index (κ2) is 8.19. The van der Waals surface area contributed by atoms with Crippen molar-refractivity contribution in [2.24, 2.45) is 5.73 Å².